The van der Waals surface area contributed by atoms with Crippen molar-refractivity contribution in [2.24, 2.45) is 0 Å². The highest BCUT2D eigenvalue weighted by atomic mass is 32.2. The zero-order valence-corrected chi connectivity index (χ0v) is 7.34. The highest BCUT2D eigenvalue weighted by molar-refractivity contribution is 7.96. The highest BCUT2D eigenvalue weighted by Crippen LogP contribution is 2.17. The van der Waals surface area contributed by atoms with Crippen molar-refractivity contribution in [3.8, 4) is 0 Å². The molecule has 0 aliphatic carbocycles. The fourth-order valence-corrected chi connectivity index (χ4v) is 0.719. The maximum Gasteiger partial charge on any atom is 0.246 e. The molecule has 0 spiro atoms. The minimum Gasteiger partial charge on any atom is -0.254 e. The second-order valence-electron chi connectivity index (χ2n) is 2.35. The van der Waals surface area contributed by atoms with Crippen LogP contribution in [-0.4, -0.2) is 30.1 Å². The second kappa shape index (κ2) is 4.13. The van der Waals surface area contributed by atoms with Gasteiger partial charge in [0.2, 0.25) is 5.92 Å². The minimum absolute atomic E-state index is 0.0651. The van der Waals surface area contributed by atoms with E-state index in [0.29, 0.717) is 6.54 Å². The summed E-state index contributed by atoms with van der Waals surface area (Å²) in [5.74, 6) is -2.52. The van der Waals surface area contributed by atoms with Crippen molar-refractivity contribution in [1.82, 2.24) is 4.31 Å². The number of hydrogen-bond acceptors (Lipinski definition) is 2. The summed E-state index contributed by atoms with van der Waals surface area (Å²) in [5, 5.41) is 0. The Hall–Kier alpha value is 0.170. The highest BCUT2D eigenvalue weighted by Gasteiger charge is 2.20. The molecule has 0 aromatic rings. The summed E-state index contributed by atoms with van der Waals surface area (Å²) in [6, 6.07) is 0. The summed E-state index contributed by atoms with van der Waals surface area (Å²) in [6.45, 7) is 1.38. The Labute approximate surface area is 64.9 Å². The van der Waals surface area contributed by atoms with Crippen molar-refractivity contribution < 1.29 is 8.78 Å². The third kappa shape index (κ3) is 6.29. The third-order valence-corrected chi connectivity index (χ3v) is 1.98. The van der Waals surface area contributed by atoms with Crippen molar-refractivity contribution in [3.63, 3.8) is 0 Å². The van der Waals surface area contributed by atoms with Gasteiger partial charge in [-0.3, -0.25) is 4.31 Å². The molecule has 0 amide bonds. The Kier molecular flexibility index (Phi) is 4.20. The van der Waals surface area contributed by atoms with Gasteiger partial charge < -0.3 is 0 Å². The van der Waals surface area contributed by atoms with E-state index in [0.717, 1.165) is 6.92 Å². The first-order chi connectivity index (χ1) is 4.45. The van der Waals surface area contributed by atoms with E-state index >= 15 is 0 Å². The normalized spacial score (nSPS) is 12.6. The molecule has 0 aliphatic heterocycles. The van der Waals surface area contributed by atoms with E-state index in [1.807, 2.05) is 6.26 Å². The maximum absolute atomic E-state index is 12.2. The first-order valence-electron chi connectivity index (χ1n) is 3.09. The lowest BCUT2D eigenvalue weighted by molar-refractivity contribution is 0.0103. The molecule has 0 aromatic carbocycles. The van der Waals surface area contributed by atoms with Gasteiger partial charge in [0.1, 0.15) is 0 Å². The fourth-order valence-electron chi connectivity index (χ4n) is 0.445. The van der Waals surface area contributed by atoms with Crippen LogP contribution in [0.3, 0.4) is 0 Å². The molecule has 0 saturated heterocycles. The van der Waals surface area contributed by atoms with Crippen molar-refractivity contribution in [3.05, 3.63) is 0 Å². The summed E-state index contributed by atoms with van der Waals surface area (Å²) in [5.41, 5.74) is 0. The van der Waals surface area contributed by atoms with Crippen molar-refractivity contribution >= 4 is 11.9 Å². The van der Waals surface area contributed by atoms with Crippen molar-refractivity contribution in [2.75, 3.05) is 19.8 Å². The van der Waals surface area contributed by atoms with E-state index < -0.39 is 5.92 Å². The molecule has 0 N–H and O–H groups in total. The molecule has 0 bridgehead atoms. The van der Waals surface area contributed by atoms with Crippen LogP contribution in [0.25, 0.3) is 0 Å². The van der Waals surface area contributed by atoms with E-state index in [1.165, 1.54) is 11.9 Å². The molecule has 10 heavy (non-hydrogen) atoms. The third-order valence-electron chi connectivity index (χ3n) is 1.18. The summed E-state index contributed by atoms with van der Waals surface area (Å²) in [7, 11) is 1.80. The Morgan fingerprint density at radius 3 is 2.30 bits per heavy atom. The molecule has 0 radical (unpaired) electrons. The number of alkyl halides is 2. The van der Waals surface area contributed by atoms with Crippen LogP contribution >= 0.6 is 11.9 Å². The maximum atomic E-state index is 12.2. The Balaban J connectivity index is 3.36. The molecular formula is C6H13F2NS. The molecule has 0 unspecified atom stereocenters. The number of halogens is 2. The van der Waals surface area contributed by atoms with E-state index in [9.17, 15) is 8.78 Å². The molecule has 62 valence electrons. The Morgan fingerprint density at radius 2 is 2.00 bits per heavy atom. The molecule has 0 aliphatic rings. The van der Waals surface area contributed by atoms with Crippen molar-refractivity contribution in [1.29, 1.82) is 0 Å². The zero-order valence-electron chi connectivity index (χ0n) is 6.53. The summed E-state index contributed by atoms with van der Waals surface area (Å²) < 4.78 is 26.2. The monoisotopic (exact) mass is 169 g/mol. The minimum atomic E-state index is -2.52. The number of nitrogens with zero attached hydrogens (tertiary/aromatic N) is 1. The van der Waals surface area contributed by atoms with Gasteiger partial charge in [-0.15, -0.1) is 0 Å². The average molecular weight is 169 g/mol. The predicted molar refractivity (Wildman–Crippen MR) is 41.4 cm³/mol. The fraction of sp³-hybridized carbons (Fsp3) is 1.00. The van der Waals surface area contributed by atoms with Gasteiger partial charge >= 0.3 is 0 Å². The van der Waals surface area contributed by atoms with Crippen LogP contribution in [0, 0.1) is 0 Å². The molecule has 0 saturated carbocycles. The van der Waals surface area contributed by atoms with Gasteiger partial charge in [0.05, 0.1) is 0 Å². The van der Waals surface area contributed by atoms with Gasteiger partial charge in [-0.1, -0.05) is 11.9 Å². The first-order valence-corrected chi connectivity index (χ1v) is 4.27. The van der Waals surface area contributed by atoms with Crippen LogP contribution in [0.2, 0.25) is 0 Å². The lowest BCUT2D eigenvalue weighted by Gasteiger charge is -2.15. The number of hydrogen-bond donors (Lipinski definition) is 0. The van der Waals surface area contributed by atoms with E-state index in [1.54, 1.807) is 11.4 Å². The van der Waals surface area contributed by atoms with Crippen LogP contribution in [0.4, 0.5) is 8.78 Å². The largest absolute Gasteiger partial charge is 0.254 e. The molecule has 1 nitrogen and oxygen atoms in total. The summed E-state index contributed by atoms with van der Waals surface area (Å²) in [4.78, 5) is 0. The zero-order chi connectivity index (χ0) is 8.20. The quantitative estimate of drug-likeness (QED) is 0.594. The lowest BCUT2D eigenvalue weighted by atomic mass is 10.3. The smallest absolute Gasteiger partial charge is 0.246 e. The van der Waals surface area contributed by atoms with Crippen LogP contribution < -0.4 is 0 Å². The predicted octanol–water partition coefficient (Wildman–Crippen LogP) is 2.24. The van der Waals surface area contributed by atoms with E-state index in [4.69, 9.17) is 0 Å². The van der Waals surface area contributed by atoms with Crippen LogP contribution in [-0.2, 0) is 0 Å². The molecule has 0 atom stereocenters. The standard InChI is InChI=1S/C6H13F2NS/c1-6(7,8)4-5-9(2)10-3/h4-5H2,1-3H3. The molecule has 0 aromatic heterocycles. The van der Waals surface area contributed by atoms with Gasteiger partial charge in [-0.05, 0) is 20.2 Å². The lowest BCUT2D eigenvalue weighted by Crippen LogP contribution is -2.19. The Morgan fingerprint density at radius 1 is 1.50 bits per heavy atom. The van der Waals surface area contributed by atoms with Crippen LogP contribution in [0.5, 0.6) is 0 Å². The topological polar surface area (TPSA) is 3.24 Å². The van der Waals surface area contributed by atoms with Crippen molar-refractivity contribution in [2.45, 2.75) is 19.3 Å². The van der Waals surface area contributed by atoms with E-state index in [2.05, 4.69) is 0 Å². The summed E-state index contributed by atoms with van der Waals surface area (Å²) >= 11 is 1.47. The average Bonchev–Trinajstić information content (AvgIpc) is 1.81. The first kappa shape index (κ1) is 10.2. The van der Waals surface area contributed by atoms with Crippen LogP contribution in [0.15, 0.2) is 0 Å². The van der Waals surface area contributed by atoms with Gasteiger partial charge in [0, 0.05) is 13.0 Å². The van der Waals surface area contributed by atoms with Crippen LogP contribution in [0.1, 0.15) is 13.3 Å². The van der Waals surface area contributed by atoms with E-state index in [-0.39, 0.29) is 6.42 Å². The van der Waals surface area contributed by atoms with Gasteiger partial charge in [0.15, 0.2) is 0 Å². The molecule has 0 heterocycles. The van der Waals surface area contributed by atoms with Gasteiger partial charge in [-0.2, -0.15) is 0 Å². The van der Waals surface area contributed by atoms with Gasteiger partial charge in [0.25, 0.3) is 0 Å². The molecule has 0 rings (SSSR count). The number of rotatable bonds is 4. The SMILES string of the molecule is CSN(C)CCC(C)(F)F. The molecule has 4 heteroatoms. The molecule has 0 fully saturated rings. The molecular weight excluding hydrogens is 156 g/mol. The Bertz CT molecular complexity index is 92.2. The second-order valence-corrected chi connectivity index (χ2v) is 3.34. The van der Waals surface area contributed by atoms with Gasteiger partial charge in [-0.25, -0.2) is 8.78 Å². The summed E-state index contributed by atoms with van der Waals surface area (Å²) in [6.07, 6.45) is 1.80.